The first kappa shape index (κ1) is 22.7. The van der Waals surface area contributed by atoms with E-state index in [0.29, 0.717) is 14.0 Å². The molecule has 2 heterocycles. The normalized spacial score (nSPS) is 35.5. The summed E-state index contributed by atoms with van der Waals surface area (Å²) >= 11 is 0. The van der Waals surface area contributed by atoms with Crippen molar-refractivity contribution >= 4 is 13.6 Å². The maximum Gasteiger partial charge on any atom is 0.361 e. The number of methoxy groups -OCH3 is 1. The lowest BCUT2D eigenvalue weighted by Gasteiger charge is -2.38. The molecule has 1 N–H and O–H groups in total. The van der Waals surface area contributed by atoms with Crippen molar-refractivity contribution in [3.05, 3.63) is 35.5 Å². The maximum absolute atomic E-state index is 12.8. The van der Waals surface area contributed by atoms with E-state index in [-0.39, 0.29) is 41.7 Å². The van der Waals surface area contributed by atoms with E-state index in [9.17, 15) is 4.79 Å². The number of likely N-dealkylation sites (N-methyl/N-ethyl adjacent to an activating group) is 1. The molecule has 2 aliphatic heterocycles. The Morgan fingerprint density at radius 3 is 2.87 bits per heavy atom. The maximum atomic E-state index is 12.8. The first-order valence-corrected chi connectivity index (χ1v) is 11.3. The second-order valence-corrected chi connectivity index (χ2v) is 9.50. The van der Waals surface area contributed by atoms with Crippen LogP contribution in [0.25, 0.3) is 0 Å². The van der Waals surface area contributed by atoms with E-state index in [2.05, 4.69) is 41.5 Å². The molecule has 1 saturated heterocycles. The zero-order valence-electron chi connectivity index (χ0n) is 19.3. The topological polar surface area (TPSA) is 69.3 Å². The molecule has 0 radical (unpaired) electrons. The van der Waals surface area contributed by atoms with Gasteiger partial charge in [0.15, 0.2) is 0 Å². The molecule has 0 aromatic heterocycles. The number of rotatable bonds is 7. The standard InChI is InChI=1S/C23H35BN2O5/c1-14(2)20(25-24-29-5)22(27)30-16-8-9-23-10-11-26(3)13-15-6-7-17(28-4)21(19(15)23)31-18(23)12-16/h6-9,14,16-18,20-21,24-25H,10-13H2,1-5H3/t16-,17?,18-,20?,21?,23-/m0/s1. The summed E-state index contributed by atoms with van der Waals surface area (Å²) in [5.41, 5.74) is 2.55. The van der Waals surface area contributed by atoms with Gasteiger partial charge in [0.2, 0.25) is 0 Å². The van der Waals surface area contributed by atoms with Gasteiger partial charge in [-0.1, -0.05) is 32.1 Å². The van der Waals surface area contributed by atoms with E-state index in [4.69, 9.17) is 18.9 Å². The predicted molar refractivity (Wildman–Crippen MR) is 120 cm³/mol. The SMILES string of the molecule is COBNC(C(=O)O[C@H]1C=C[C@@]23CCN(C)CC4=C2C(O[C@H]3C1)C(OC)C=C4)C(C)C. The monoisotopic (exact) mass is 430 g/mol. The minimum atomic E-state index is -0.403. The summed E-state index contributed by atoms with van der Waals surface area (Å²) in [5, 5.41) is 3.12. The molecule has 8 heteroatoms. The lowest BCUT2D eigenvalue weighted by atomic mass is 9.66. The van der Waals surface area contributed by atoms with Crippen LogP contribution in [0.15, 0.2) is 35.5 Å². The fourth-order valence-electron chi connectivity index (χ4n) is 5.50. The number of nitrogens with zero attached hydrogens (tertiary/aromatic N) is 1. The molecule has 0 saturated carbocycles. The molecular formula is C23H35BN2O5. The van der Waals surface area contributed by atoms with Crippen molar-refractivity contribution in [2.24, 2.45) is 11.3 Å². The van der Waals surface area contributed by atoms with Crippen molar-refractivity contribution in [3.8, 4) is 0 Å². The summed E-state index contributed by atoms with van der Waals surface area (Å²) in [6.45, 7) is 5.91. The first-order valence-electron chi connectivity index (χ1n) is 11.3. The number of hydrogen-bond donors (Lipinski definition) is 1. The van der Waals surface area contributed by atoms with Crippen molar-refractivity contribution in [2.45, 2.75) is 57.1 Å². The van der Waals surface area contributed by atoms with Gasteiger partial charge in [-0.2, -0.15) is 0 Å². The minimum absolute atomic E-state index is 0.0289. The number of ether oxygens (including phenoxy) is 3. The van der Waals surface area contributed by atoms with Crippen molar-refractivity contribution in [1.29, 1.82) is 0 Å². The zero-order valence-corrected chi connectivity index (χ0v) is 19.3. The quantitative estimate of drug-likeness (QED) is 0.372. The van der Waals surface area contributed by atoms with Crippen LogP contribution in [-0.4, -0.2) is 83.3 Å². The van der Waals surface area contributed by atoms with Crippen molar-refractivity contribution in [2.75, 3.05) is 34.4 Å². The Kier molecular flexibility index (Phi) is 6.75. The fourth-order valence-corrected chi connectivity index (χ4v) is 5.50. The van der Waals surface area contributed by atoms with Gasteiger partial charge in [-0.3, -0.25) is 4.79 Å². The van der Waals surface area contributed by atoms with Crippen LogP contribution in [0.3, 0.4) is 0 Å². The summed E-state index contributed by atoms with van der Waals surface area (Å²) in [6, 6.07) is -0.403. The second kappa shape index (κ2) is 9.20. The molecule has 170 valence electrons. The number of esters is 1. The summed E-state index contributed by atoms with van der Waals surface area (Å²) in [6.07, 6.45) is 9.82. The van der Waals surface area contributed by atoms with Gasteiger partial charge in [-0.25, -0.2) is 0 Å². The highest BCUT2D eigenvalue weighted by Crippen LogP contribution is 2.55. The summed E-state index contributed by atoms with van der Waals surface area (Å²) in [5.74, 6) is -0.143. The van der Waals surface area contributed by atoms with Crippen LogP contribution in [-0.2, 0) is 23.7 Å². The van der Waals surface area contributed by atoms with Gasteiger partial charge in [-0.05, 0) is 43.2 Å². The van der Waals surface area contributed by atoms with Gasteiger partial charge >= 0.3 is 13.6 Å². The van der Waals surface area contributed by atoms with E-state index in [1.54, 1.807) is 14.2 Å². The second-order valence-electron chi connectivity index (χ2n) is 9.50. The lowest BCUT2D eigenvalue weighted by Crippen LogP contribution is -2.46. The smallest absolute Gasteiger partial charge is 0.361 e. The Balaban J connectivity index is 1.56. The molecule has 0 amide bonds. The Labute approximate surface area is 186 Å². The van der Waals surface area contributed by atoms with E-state index < -0.39 is 6.04 Å². The zero-order chi connectivity index (χ0) is 22.2. The van der Waals surface area contributed by atoms with Crippen LogP contribution in [0, 0.1) is 11.3 Å². The third kappa shape index (κ3) is 4.16. The molecule has 1 fully saturated rings. The average Bonchev–Trinajstić information content (AvgIpc) is 2.99. The molecule has 1 spiro atoms. The van der Waals surface area contributed by atoms with Crippen LogP contribution in [0.5, 0.6) is 0 Å². The lowest BCUT2D eigenvalue weighted by molar-refractivity contribution is -0.153. The van der Waals surface area contributed by atoms with Gasteiger partial charge in [0, 0.05) is 32.6 Å². The van der Waals surface area contributed by atoms with Crippen LogP contribution in [0.2, 0.25) is 0 Å². The minimum Gasteiger partial charge on any atom is -0.457 e. The molecule has 31 heavy (non-hydrogen) atoms. The molecule has 6 atom stereocenters. The van der Waals surface area contributed by atoms with E-state index in [1.165, 1.54) is 11.1 Å². The van der Waals surface area contributed by atoms with Crippen LogP contribution in [0.4, 0.5) is 0 Å². The molecule has 0 bridgehead atoms. The Morgan fingerprint density at radius 1 is 1.35 bits per heavy atom. The van der Waals surface area contributed by atoms with Crippen molar-refractivity contribution < 1.29 is 23.7 Å². The van der Waals surface area contributed by atoms with E-state index >= 15 is 0 Å². The summed E-state index contributed by atoms with van der Waals surface area (Å²) in [4.78, 5) is 15.2. The summed E-state index contributed by atoms with van der Waals surface area (Å²) in [7, 11) is 5.82. The number of carbonyl (C=O) groups excluding carboxylic acids is 1. The Hall–Kier alpha value is -1.45. The van der Waals surface area contributed by atoms with Gasteiger partial charge in [-0.15, -0.1) is 0 Å². The highest BCUT2D eigenvalue weighted by molar-refractivity contribution is 6.24. The number of hydrogen-bond acceptors (Lipinski definition) is 7. The molecule has 0 aromatic carbocycles. The number of nitrogens with one attached hydrogen (secondary N) is 1. The molecule has 4 aliphatic rings. The van der Waals surface area contributed by atoms with E-state index in [1.807, 2.05) is 13.8 Å². The number of carbonyl (C=O) groups is 1. The Bertz CT molecular complexity index is 782. The fraction of sp³-hybridized carbons (Fsp3) is 0.696. The largest absolute Gasteiger partial charge is 0.457 e. The van der Waals surface area contributed by atoms with E-state index in [0.717, 1.165) is 19.5 Å². The third-order valence-electron chi connectivity index (χ3n) is 7.11. The molecule has 3 unspecified atom stereocenters. The molecule has 0 aromatic rings. The highest BCUT2D eigenvalue weighted by Gasteiger charge is 2.57. The highest BCUT2D eigenvalue weighted by atomic mass is 16.6. The van der Waals surface area contributed by atoms with Gasteiger partial charge in [0.05, 0.1) is 6.10 Å². The van der Waals surface area contributed by atoms with Crippen LogP contribution >= 0.6 is 0 Å². The van der Waals surface area contributed by atoms with Crippen molar-refractivity contribution in [3.63, 3.8) is 0 Å². The first-order chi connectivity index (χ1) is 14.9. The van der Waals surface area contributed by atoms with Gasteiger partial charge < -0.3 is 29.0 Å². The van der Waals surface area contributed by atoms with Gasteiger partial charge in [0.25, 0.3) is 0 Å². The van der Waals surface area contributed by atoms with Gasteiger partial charge in [0.1, 0.15) is 24.4 Å². The summed E-state index contributed by atoms with van der Waals surface area (Å²) < 4.78 is 23.4. The molecule has 2 aliphatic carbocycles. The van der Waals surface area contributed by atoms with Crippen LogP contribution in [0.1, 0.15) is 26.7 Å². The van der Waals surface area contributed by atoms with Crippen LogP contribution < -0.4 is 5.23 Å². The third-order valence-corrected chi connectivity index (χ3v) is 7.11. The molecule has 7 nitrogen and oxygen atoms in total. The average molecular weight is 430 g/mol. The van der Waals surface area contributed by atoms with Crippen molar-refractivity contribution in [1.82, 2.24) is 10.1 Å². The molecule has 4 rings (SSSR count). The predicted octanol–water partition coefficient (Wildman–Crippen LogP) is 1.36. The molecular weight excluding hydrogens is 395 g/mol. The Morgan fingerprint density at radius 2 is 2.16 bits per heavy atom.